The molecule has 1 aromatic rings. The number of allylic oxidation sites excluding steroid dienone is 1. The standard InChI is InChI=1S/C30H37NO5/c1-18(32)34-22-12-14-28(3)21(16-22)10-11-23-24(28)13-15-29(4)25(23)17-26-27(20-8-6-5-7-9-20)31-36-30(26,29)35-19(2)33/h5-10,22-26H,11-17H2,1-4H3/t22-,23+,24-,25-,26-,28-,29-,30+/m0/s1. The number of benzene rings is 1. The van der Waals surface area contributed by atoms with Gasteiger partial charge in [-0.15, -0.1) is 0 Å². The highest BCUT2D eigenvalue weighted by atomic mass is 16.8. The fourth-order valence-electron chi connectivity index (χ4n) is 8.88. The first-order valence-electron chi connectivity index (χ1n) is 13.6. The Labute approximate surface area is 213 Å². The summed E-state index contributed by atoms with van der Waals surface area (Å²) in [6, 6.07) is 10.2. The van der Waals surface area contributed by atoms with E-state index in [1.807, 2.05) is 18.2 Å². The lowest BCUT2D eigenvalue weighted by molar-refractivity contribution is -0.286. The summed E-state index contributed by atoms with van der Waals surface area (Å²) in [5, 5.41) is 4.55. The summed E-state index contributed by atoms with van der Waals surface area (Å²) in [7, 11) is 0. The molecule has 1 aromatic carbocycles. The molecule has 6 heteroatoms. The van der Waals surface area contributed by atoms with Gasteiger partial charge in [0.05, 0.1) is 17.0 Å². The summed E-state index contributed by atoms with van der Waals surface area (Å²) in [4.78, 5) is 30.3. The van der Waals surface area contributed by atoms with Crippen LogP contribution in [0.2, 0.25) is 0 Å². The molecule has 192 valence electrons. The highest BCUT2D eigenvalue weighted by Crippen LogP contribution is 2.70. The van der Waals surface area contributed by atoms with E-state index in [-0.39, 0.29) is 34.8 Å². The van der Waals surface area contributed by atoms with Crippen molar-refractivity contribution in [3.63, 3.8) is 0 Å². The van der Waals surface area contributed by atoms with Gasteiger partial charge in [0.25, 0.3) is 5.79 Å². The molecular weight excluding hydrogens is 454 g/mol. The van der Waals surface area contributed by atoms with E-state index >= 15 is 0 Å². The van der Waals surface area contributed by atoms with Gasteiger partial charge in [-0.05, 0) is 67.3 Å². The Balaban J connectivity index is 1.35. The number of oxime groups is 1. The van der Waals surface area contributed by atoms with Crippen molar-refractivity contribution in [2.24, 2.45) is 39.7 Å². The van der Waals surface area contributed by atoms with Gasteiger partial charge in [0.2, 0.25) is 0 Å². The van der Waals surface area contributed by atoms with E-state index in [1.54, 1.807) is 0 Å². The molecule has 1 aliphatic heterocycles. The van der Waals surface area contributed by atoms with Gasteiger partial charge >= 0.3 is 11.9 Å². The first kappa shape index (κ1) is 23.7. The van der Waals surface area contributed by atoms with Crippen LogP contribution in [0.1, 0.15) is 78.2 Å². The number of hydrogen-bond acceptors (Lipinski definition) is 6. The average molecular weight is 492 g/mol. The largest absolute Gasteiger partial charge is 0.462 e. The van der Waals surface area contributed by atoms with Crippen LogP contribution in [0, 0.1) is 34.5 Å². The Hall–Kier alpha value is -2.63. The smallest absolute Gasteiger partial charge is 0.306 e. The average Bonchev–Trinajstić information content (AvgIpc) is 3.31. The molecule has 8 atom stereocenters. The second-order valence-electron chi connectivity index (χ2n) is 12.2. The van der Waals surface area contributed by atoms with Crippen LogP contribution in [0.3, 0.4) is 0 Å². The van der Waals surface area contributed by atoms with Crippen LogP contribution in [-0.2, 0) is 23.9 Å². The molecule has 3 fully saturated rings. The molecule has 0 saturated heterocycles. The van der Waals surface area contributed by atoms with E-state index in [2.05, 4.69) is 37.2 Å². The summed E-state index contributed by atoms with van der Waals surface area (Å²) in [5.74, 6) is -0.172. The summed E-state index contributed by atoms with van der Waals surface area (Å²) >= 11 is 0. The van der Waals surface area contributed by atoms with E-state index in [0.717, 1.165) is 56.2 Å². The minimum atomic E-state index is -1.04. The van der Waals surface area contributed by atoms with Crippen LogP contribution in [0.4, 0.5) is 0 Å². The molecule has 36 heavy (non-hydrogen) atoms. The van der Waals surface area contributed by atoms with Crippen molar-refractivity contribution in [3.05, 3.63) is 47.5 Å². The molecule has 5 aliphatic rings. The quantitative estimate of drug-likeness (QED) is 0.395. The summed E-state index contributed by atoms with van der Waals surface area (Å²) in [6.07, 6.45) is 9.22. The van der Waals surface area contributed by atoms with Gasteiger partial charge in [-0.25, -0.2) is 0 Å². The van der Waals surface area contributed by atoms with Crippen LogP contribution in [0.15, 0.2) is 47.1 Å². The molecule has 0 N–H and O–H groups in total. The van der Waals surface area contributed by atoms with Crippen LogP contribution < -0.4 is 0 Å². The maximum atomic E-state index is 12.4. The van der Waals surface area contributed by atoms with E-state index in [4.69, 9.17) is 14.3 Å². The van der Waals surface area contributed by atoms with Gasteiger partial charge in [0, 0.05) is 20.3 Å². The summed E-state index contributed by atoms with van der Waals surface area (Å²) in [6.45, 7) is 7.70. The molecule has 4 aliphatic carbocycles. The Bertz CT molecular complexity index is 1140. The molecule has 0 bridgehead atoms. The minimum absolute atomic E-state index is 0.00310. The maximum absolute atomic E-state index is 12.4. The monoisotopic (exact) mass is 491 g/mol. The predicted molar refractivity (Wildman–Crippen MR) is 135 cm³/mol. The van der Waals surface area contributed by atoms with Crippen molar-refractivity contribution in [1.82, 2.24) is 0 Å². The molecule has 6 rings (SSSR count). The van der Waals surface area contributed by atoms with Gasteiger partial charge < -0.3 is 14.3 Å². The fraction of sp³-hybridized carbons (Fsp3) is 0.633. The lowest BCUT2D eigenvalue weighted by Crippen LogP contribution is -2.57. The van der Waals surface area contributed by atoms with Gasteiger partial charge in [-0.1, -0.05) is 61.0 Å². The van der Waals surface area contributed by atoms with Crippen LogP contribution >= 0.6 is 0 Å². The Morgan fingerprint density at radius 3 is 2.53 bits per heavy atom. The number of esters is 2. The molecule has 0 unspecified atom stereocenters. The lowest BCUT2D eigenvalue weighted by Gasteiger charge is -2.58. The summed E-state index contributed by atoms with van der Waals surface area (Å²) < 4.78 is 11.8. The van der Waals surface area contributed by atoms with Gasteiger partial charge in [-0.3, -0.25) is 9.59 Å². The normalized spacial score (nSPS) is 42.5. The molecule has 0 radical (unpaired) electrons. The van der Waals surface area contributed by atoms with E-state index in [1.165, 1.54) is 19.4 Å². The molecule has 3 saturated carbocycles. The Morgan fingerprint density at radius 1 is 1.03 bits per heavy atom. The number of fused-ring (bicyclic) bond motifs is 7. The third kappa shape index (κ3) is 3.25. The third-order valence-corrected chi connectivity index (χ3v) is 10.5. The molecule has 0 spiro atoms. The van der Waals surface area contributed by atoms with Crippen molar-refractivity contribution >= 4 is 17.7 Å². The topological polar surface area (TPSA) is 74.2 Å². The fourth-order valence-corrected chi connectivity index (χ4v) is 8.88. The van der Waals surface area contributed by atoms with Gasteiger partial charge in [0.1, 0.15) is 6.10 Å². The van der Waals surface area contributed by atoms with Crippen LogP contribution in [0.25, 0.3) is 0 Å². The lowest BCUT2D eigenvalue weighted by atomic mass is 9.47. The van der Waals surface area contributed by atoms with E-state index in [9.17, 15) is 9.59 Å². The number of rotatable bonds is 3. The zero-order valence-electron chi connectivity index (χ0n) is 21.8. The first-order valence-corrected chi connectivity index (χ1v) is 13.6. The van der Waals surface area contributed by atoms with Crippen molar-refractivity contribution in [2.45, 2.75) is 84.5 Å². The predicted octanol–water partition coefficient (Wildman–Crippen LogP) is 5.80. The second-order valence-corrected chi connectivity index (χ2v) is 12.2. The van der Waals surface area contributed by atoms with E-state index in [0.29, 0.717) is 17.8 Å². The zero-order valence-corrected chi connectivity index (χ0v) is 21.8. The molecule has 0 amide bonds. The summed E-state index contributed by atoms with van der Waals surface area (Å²) in [5.41, 5.74) is 3.24. The van der Waals surface area contributed by atoms with Gasteiger partial charge in [0.15, 0.2) is 0 Å². The molecule has 6 nitrogen and oxygen atoms in total. The zero-order chi connectivity index (χ0) is 25.3. The van der Waals surface area contributed by atoms with E-state index < -0.39 is 5.79 Å². The van der Waals surface area contributed by atoms with Crippen molar-refractivity contribution in [3.8, 4) is 0 Å². The SMILES string of the molecule is CC(=O)O[C@H]1CC[C@@]2(C)C(=CC[C@@H]3[C@@H]2CC[C@@]2(C)[C@H]3C[C@H]3C(c4ccccc4)=NO[C@]32OC(C)=O)C1. The van der Waals surface area contributed by atoms with Crippen LogP contribution in [-0.4, -0.2) is 29.5 Å². The molecule has 0 aromatic heterocycles. The number of ether oxygens (including phenoxy) is 2. The third-order valence-electron chi connectivity index (χ3n) is 10.5. The minimum Gasteiger partial charge on any atom is -0.462 e. The maximum Gasteiger partial charge on any atom is 0.306 e. The molecule has 1 heterocycles. The highest BCUT2D eigenvalue weighted by Gasteiger charge is 2.74. The molecular formula is C30H37NO5. The van der Waals surface area contributed by atoms with Crippen molar-refractivity contribution in [2.75, 3.05) is 0 Å². The highest BCUT2D eigenvalue weighted by molar-refractivity contribution is 6.03. The van der Waals surface area contributed by atoms with Gasteiger partial charge in [-0.2, -0.15) is 0 Å². The number of carbonyl (C=O) groups excluding carboxylic acids is 2. The first-order chi connectivity index (χ1) is 17.2. The van der Waals surface area contributed by atoms with Crippen molar-refractivity contribution < 1.29 is 23.9 Å². The number of carbonyl (C=O) groups is 2. The number of hydrogen-bond donors (Lipinski definition) is 0. The second kappa shape index (κ2) is 8.19. The van der Waals surface area contributed by atoms with Crippen molar-refractivity contribution in [1.29, 1.82) is 0 Å². The Kier molecular flexibility index (Phi) is 5.40. The number of nitrogens with zero attached hydrogens (tertiary/aromatic N) is 1. The van der Waals surface area contributed by atoms with Crippen LogP contribution in [0.5, 0.6) is 0 Å². The Morgan fingerprint density at radius 2 is 1.81 bits per heavy atom.